The Hall–Kier alpha value is -2.53. The van der Waals surface area contributed by atoms with Gasteiger partial charge in [-0.3, -0.25) is 4.79 Å². The molecule has 5 heteroatoms. The maximum Gasteiger partial charge on any atom is 0.243 e. The Morgan fingerprint density at radius 2 is 1.62 bits per heavy atom. The van der Waals surface area contributed by atoms with E-state index >= 15 is 0 Å². The van der Waals surface area contributed by atoms with Crippen molar-refractivity contribution in [1.29, 1.82) is 0 Å². The molecule has 2 N–H and O–H groups in total. The molecule has 2 rings (SSSR count). The van der Waals surface area contributed by atoms with Gasteiger partial charge in [-0.15, -0.1) is 0 Å². The molecule has 0 aromatic heterocycles. The second-order valence-corrected chi connectivity index (χ2v) is 5.34. The van der Waals surface area contributed by atoms with Crippen LogP contribution >= 0.6 is 0 Å². The minimum atomic E-state index is -0.0967. The monoisotopic (exact) mass is 328 g/mol. The van der Waals surface area contributed by atoms with Crippen LogP contribution in [0, 0.1) is 6.92 Å². The van der Waals surface area contributed by atoms with Crippen LogP contribution in [0.3, 0.4) is 0 Å². The topological polar surface area (TPSA) is 59.6 Å². The summed E-state index contributed by atoms with van der Waals surface area (Å²) in [6.07, 6.45) is 0. The van der Waals surface area contributed by atoms with Gasteiger partial charge in [0.2, 0.25) is 5.91 Å². The number of amides is 1. The first-order chi connectivity index (χ1) is 11.7. The van der Waals surface area contributed by atoms with Crippen molar-refractivity contribution in [3.8, 4) is 5.75 Å². The lowest BCUT2D eigenvalue weighted by molar-refractivity contribution is -0.114. The van der Waals surface area contributed by atoms with E-state index < -0.39 is 0 Å². The van der Waals surface area contributed by atoms with Crippen LogP contribution in [-0.4, -0.2) is 32.3 Å². The van der Waals surface area contributed by atoms with E-state index in [0.717, 1.165) is 17.1 Å². The van der Waals surface area contributed by atoms with Crippen molar-refractivity contribution < 1.29 is 14.3 Å². The second-order valence-electron chi connectivity index (χ2n) is 5.34. The average Bonchev–Trinajstić information content (AvgIpc) is 2.60. The summed E-state index contributed by atoms with van der Waals surface area (Å²) in [6, 6.07) is 15.2. The van der Waals surface area contributed by atoms with Crippen LogP contribution in [0.15, 0.2) is 48.5 Å². The summed E-state index contributed by atoms with van der Waals surface area (Å²) < 4.78 is 10.7. The molecule has 0 aliphatic heterocycles. The van der Waals surface area contributed by atoms with Crippen molar-refractivity contribution in [2.75, 3.05) is 37.0 Å². The summed E-state index contributed by atoms with van der Waals surface area (Å²) in [5.41, 5.74) is 2.85. The molecule has 0 bridgehead atoms. The number of carbonyl (C=O) groups excluding carboxylic acids is 1. The highest BCUT2D eigenvalue weighted by Crippen LogP contribution is 2.15. The molecule has 2 aromatic rings. The maximum absolute atomic E-state index is 12.0. The van der Waals surface area contributed by atoms with Gasteiger partial charge in [0.05, 0.1) is 13.2 Å². The van der Waals surface area contributed by atoms with Crippen LogP contribution in [0.4, 0.5) is 11.4 Å². The van der Waals surface area contributed by atoms with E-state index in [1.165, 1.54) is 5.56 Å². The van der Waals surface area contributed by atoms with Crippen molar-refractivity contribution in [3.05, 3.63) is 54.1 Å². The Morgan fingerprint density at radius 1 is 0.958 bits per heavy atom. The summed E-state index contributed by atoms with van der Waals surface area (Å²) in [7, 11) is 0. The number of anilines is 2. The fourth-order valence-electron chi connectivity index (χ4n) is 2.06. The first kappa shape index (κ1) is 17.8. The molecule has 0 saturated heterocycles. The summed E-state index contributed by atoms with van der Waals surface area (Å²) in [5.74, 6) is 0.658. The third-order valence-electron chi connectivity index (χ3n) is 3.34. The molecule has 0 fully saturated rings. The zero-order valence-corrected chi connectivity index (χ0v) is 14.2. The molecule has 0 atom stereocenters. The van der Waals surface area contributed by atoms with Crippen LogP contribution in [0.5, 0.6) is 5.75 Å². The Labute approximate surface area is 143 Å². The van der Waals surface area contributed by atoms with Gasteiger partial charge < -0.3 is 20.1 Å². The average molecular weight is 328 g/mol. The Kier molecular flexibility index (Phi) is 7.11. The summed E-state index contributed by atoms with van der Waals surface area (Å²) >= 11 is 0. The third-order valence-corrected chi connectivity index (χ3v) is 3.34. The number of carbonyl (C=O) groups is 1. The third kappa shape index (κ3) is 6.30. The number of ether oxygens (including phenoxy) is 2. The van der Waals surface area contributed by atoms with Crippen LogP contribution < -0.4 is 15.4 Å². The Morgan fingerprint density at radius 3 is 2.29 bits per heavy atom. The summed E-state index contributed by atoms with van der Waals surface area (Å²) in [6.45, 7) is 5.96. The van der Waals surface area contributed by atoms with Crippen LogP contribution in [0.2, 0.25) is 0 Å². The summed E-state index contributed by atoms with van der Waals surface area (Å²) in [5, 5.41) is 5.94. The van der Waals surface area contributed by atoms with E-state index in [2.05, 4.69) is 10.6 Å². The predicted octanol–water partition coefficient (Wildman–Crippen LogP) is 3.46. The van der Waals surface area contributed by atoms with E-state index in [-0.39, 0.29) is 12.5 Å². The molecule has 128 valence electrons. The minimum Gasteiger partial charge on any atom is -0.491 e. The molecule has 0 aliphatic carbocycles. The van der Waals surface area contributed by atoms with Crippen LogP contribution in [-0.2, 0) is 9.53 Å². The highest BCUT2D eigenvalue weighted by molar-refractivity contribution is 5.93. The van der Waals surface area contributed by atoms with Gasteiger partial charge in [-0.05, 0) is 50.2 Å². The first-order valence-corrected chi connectivity index (χ1v) is 8.08. The molecule has 5 nitrogen and oxygen atoms in total. The lowest BCUT2D eigenvalue weighted by atomic mass is 10.2. The summed E-state index contributed by atoms with van der Waals surface area (Å²) in [4.78, 5) is 12.0. The van der Waals surface area contributed by atoms with Gasteiger partial charge in [0.15, 0.2) is 0 Å². The smallest absolute Gasteiger partial charge is 0.243 e. The van der Waals surface area contributed by atoms with Crippen molar-refractivity contribution in [3.63, 3.8) is 0 Å². The zero-order valence-electron chi connectivity index (χ0n) is 14.2. The Bertz CT molecular complexity index is 624. The molecular weight excluding hydrogens is 304 g/mol. The lowest BCUT2D eigenvalue weighted by Gasteiger charge is -2.09. The lowest BCUT2D eigenvalue weighted by Crippen LogP contribution is -2.21. The molecule has 0 heterocycles. The second kappa shape index (κ2) is 9.57. The number of nitrogens with one attached hydrogen (secondary N) is 2. The van der Waals surface area contributed by atoms with Crippen molar-refractivity contribution in [2.45, 2.75) is 13.8 Å². The largest absolute Gasteiger partial charge is 0.491 e. The molecule has 0 aliphatic rings. The van der Waals surface area contributed by atoms with E-state index in [1.54, 1.807) is 0 Å². The van der Waals surface area contributed by atoms with E-state index in [9.17, 15) is 4.79 Å². The first-order valence-electron chi connectivity index (χ1n) is 8.08. The highest BCUT2D eigenvalue weighted by atomic mass is 16.5. The van der Waals surface area contributed by atoms with Crippen molar-refractivity contribution in [1.82, 2.24) is 0 Å². The molecule has 0 radical (unpaired) electrons. The van der Waals surface area contributed by atoms with Crippen molar-refractivity contribution in [2.24, 2.45) is 0 Å². The van der Waals surface area contributed by atoms with Crippen LogP contribution in [0.1, 0.15) is 12.5 Å². The van der Waals surface area contributed by atoms with Gasteiger partial charge in [0.1, 0.15) is 12.4 Å². The van der Waals surface area contributed by atoms with Crippen LogP contribution in [0.25, 0.3) is 0 Å². The van der Waals surface area contributed by atoms with Gasteiger partial charge in [0.25, 0.3) is 0 Å². The maximum atomic E-state index is 12.0. The predicted molar refractivity (Wildman–Crippen MR) is 96.7 cm³/mol. The fourth-order valence-corrected chi connectivity index (χ4v) is 2.06. The molecule has 0 saturated carbocycles. The van der Waals surface area contributed by atoms with Gasteiger partial charge in [0, 0.05) is 18.0 Å². The Balaban J connectivity index is 1.74. The molecule has 0 unspecified atom stereocenters. The van der Waals surface area contributed by atoms with Gasteiger partial charge >= 0.3 is 0 Å². The number of benzene rings is 2. The molecular formula is C19H24N2O3. The molecule has 24 heavy (non-hydrogen) atoms. The number of aryl methyl sites for hydroxylation is 1. The molecule has 0 spiro atoms. The SMILES string of the molecule is CCOCCOc1ccc(NC(=O)CNc2ccc(C)cc2)cc1. The van der Waals surface area contributed by atoms with E-state index in [4.69, 9.17) is 9.47 Å². The highest BCUT2D eigenvalue weighted by Gasteiger charge is 2.03. The standard InChI is InChI=1S/C19H24N2O3/c1-3-23-12-13-24-18-10-8-17(9-11-18)21-19(22)14-20-16-6-4-15(2)5-7-16/h4-11,20H,3,12-14H2,1-2H3,(H,21,22). The van der Waals surface area contributed by atoms with Gasteiger partial charge in [-0.1, -0.05) is 17.7 Å². The van der Waals surface area contributed by atoms with Gasteiger partial charge in [-0.2, -0.15) is 0 Å². The zero-order chi connectivity index (χ0) is 17.2. The van der Waals surface area contributed by atoms with Gasteiger partial charge in [-0.25, -0.2) is 0 Å². The fraction of sp³-hybridized carbons (Fsp3) is 0.316. The van der Waals surface area contributed by atoms with E-state index in [0.29, 0.717) is 19.8 Å². The normalized spacial score (nSPS) is 10.2. The number of hydrogen-bond donors (Lipinski definition) is 2. The number of rotatable bonds is 9. The molecule has 1 amide bonds. The van der Waals surface area contributed by atoms with E-state index in [1.807, 2.05) is 62.4 Å². The number of hydrogen-bond acceptors (Lipinski definition) is 4. The molecule has 2 aromatic carbocycles. The van der Waals surface area contributed by atoms with Crippen molar-refractivity contribution >= 4 is 17.3 Å². The minimum absolute atomic E-state index is 0.0967. The quantitative estimate of drug-likeness (QED) is 0.692.